The largest absolute Gasteiger partial charge is 0.459 e. The Morgan fingerprint density at radius 2 is 2.11 bits per heavy atom. The summed E-state index contributed by atoms with van der Waals surface area (Å²) in [5.74, 6) is 1.66. The molecule has 0 spiro atoms. The molecular weight excluding hydrogens is 258 g/mol. The Morgan fingerprint density at radius 1 is 1.32 bits per heavy atom. The van der Waals surface area contributed by atoms with Gasteiger partial charge < -0.3 is 9.73 Å². The van der Waals surface area contributed by atoms with Crippen LogP contribution in [-0.4, -0.2) is 6.54 Å². The zero-order valence-electron chi connectivity index (χ0n) is 11.9. The molecule has 104 valence electrons. The highest BCUT2D eigenvalue weighted by Gasteiger charge is 2.15. The van der Waals surface area contributed by atoms with Crippen LogP contribution in [0.4, 0.5) is 0 Å². The fraction of sp³-hybridized carbons (Fsp3) is 0.500. The Kier molecular flexibility index (Phi) is 4.89. The Hall–Kier alpha value is -0.990. The molecule has 3 heteroatoms. The van der Waals surface area contributed by atoms with Crippen LogP contribution in [-0.2, 0) is 13.0 Å². The first-order chi connectivity index (χ1) is 9.11. The van der Waals surface area contributed by atoms with Crippen LogP contribution >= 0.6 is 11.6 Å². The van der Waals surface area contributed by atoms with Crippen molar-refractivity contribution in [1.29, 1.82) is 0 Å². The number of nitrogens with one attached hydrogen (secondary N) is 1. The number of halogens is 1. The normalized spacial score (nSPS) is 11.6. The highest BCUT2D eigenvalue weighted by molar-refractivity contribution is 6.31. The van der Waals surface area contributed by atoms with Crippen molar-refractivity contribution < 1.29 is 4.42 Å². The van der Waals surface area contributed by atoms with E-state index in [1.807, 2.05) is 18.2 Å². The molecular formula is C16H22ClNO. The Morgan fingerprint density at radius 3 is 2.79 bits per heavy atom. The van der Waals surface area contributed by atoms with Crippen molar-refractivity contribution in [2.24, 2.45) is 5.92 Å². The van der Waals surface area contributed by atoms with Crippen LogP contribution < -0.4 is 5.32 Å². The maximum absolute atomic E-state index is 6.11. The summed E-state index contributed by atoms with van der Waals surface area (Å²) in [7, 11) is 0. The lowest BCUT2D eigenvalue weighted by Gasteiger charge is -2.07. The third kappa shape index (κ3) is 3.52. The topological polar surface area (TPSA) is 25.2 Å². The summed E-state index contributed by atoms with van der Waals surface area (Å²) in [4.78, 5) is 0. The molecule has 0 radical (unpaired) electrons. The van der Waals surface area contributed by atoms with Crippen LogP contribution in [0.1, 0.15) is 38.5 Å². The van der Waals surface area contributed by atoms with E-state index >= 15 is 0 Å². The maximum Gasteiger partial charge on any atom is 0.134 e. The summed E-state index contributed by atoms with van der Waals surface area (Å²) in [6, 6.07) is 5.86. The zero-order chi connectivity index (χ0) is 13.8. The number of hydrogen-bond donors (Lipinski definition) is 1. The summed E-state index contributed by atoms with van der Waals surface area (Å²) in [6.07, 6.45) is 2.15. The summed E-state index contributed by atoms with van der Waals surface area (Å²) in [5, 5.41) is 5.35. The second-order valence-corrected chi connectivity index (χ2v) is 5.86. The van der Waals surface area contributed by atoms with Crippen molar-refractivity contribution in [3.8, 4) is 0 Å². The average Bonchev–Trinajstić information content (AvgIpc) is 2.67. The number of rotatable bonds is 6. The predicted molar refractivity (Wildman–Crippen MR) is 81.8 cm³/mol. The van der Waals surface area contributed by atoms with Crippen molar-refractivity contribution in [1.82, 2.24) is 5.32 Å². The van der Waals surface area contributed by atoms with E-state index in [-0.39, 0.29) is 0 Å². The van der Waals surface area contributed by atoms with Gasteiger partial charge in [0.05, 0.1) is 6.54 Å². The highest BCUT2D eigenvalue weighted by atomic mass is 35.5. The molecule has 0 aliphatic heterocycles. The second-order valence-electron chi connectivity index (χ2n) is 5.42. The molecule has 0 saturated carbocycles. The second kappa shape index (κ2) is 6.44. The molecule has 1 N–H and O–H groups in total. The molecule has 0 atom stereocenters. The maximum atomic E-state index is 6.11. The zero-order valence-corrected chi connectivity index (χ0v) is 12.7. The van der Waals surface area contributed by atoms with Crippen LogP contribution in [0.15, 0.2) is 22.6 Å². The number of hydrogen-bond acceptors (Lipinski definition) is 2. The third-order valence-corrected chi connectivity index (χ3v) is 3.40. The molecule has 2 aromatic rings. The van der Waals surface area contributed by atoms with E-state index in [1.54, 1.807) is 0 Å². The number of furan rings is 1. The molecule has 1 aromatic carbocycles. The number of fused-ring (bicyclic) bond motifs is 1. The van der Waals surface area contributed by atoms with E-state index in [0.29, 0.717) is 5.92 Å². The molecule has 0 aliphatic rings. The lowest BCUT2D eigenvalue weighted by Crippen LogP contribution is -2.14. The van der Waals surface area contributed by atoms with Crippen LogP contribution in [0, 0.1) is 5.92 Å². The van der Waals surface area contributed by atoms with Crippen molar-refractivity contribution in [3.05, 3.63) is 34.5 Å². The van der Waals surface area contributed by atoms with Gasteiger partial charge in [0.25, 0.3) is 0 Å². The quantitative estimate of drug-likeness (QED) is 0.770. The van der Waals surface area contributed by atoms with Gasteiger partial charge in [-0.05, 0) is 43.5 Å². The van der Waals surface area contributed by atoms with Crippen LogP contribution in [0.3, 0.4) is 0 Å². The summed E-state index contributed by atoms with van der Waals surface area (Å²) < 4.78 is 5.98. The Bertz CT molecular complexity index is 545. The van der Waals surface area contributed by atoms with Gasteiger partial charge in [-0.1, -0.05) is 32.4 Å². The molecule has 0 fully saturated rings. The van der Waals surface area contributed by atoms with Gasteiger partial charge in [-0.2, -0.15) is 0 Å². The van der Waals surface area contributed by atoms with E-state index in [0.717, 1.165) is 47.7 Å². The standard InChI is InChI=1S/C16H22ClNO/c1-4-7-18-10-16-13(8-11(2)3)14-9-12(17)5-6-15(14)19-16/h5-6,9,11,18H,4,7-8,10H2,1-3H3. The monoisotopic (exact) mass is 279 g/mol. The SMILES string of the molecule is CCCNCc1oc2ccc(Cl)cc2c1CC(C)C. The fourth-order valence-electron chi connectivity index (χ4n) is 2.33. The number of benzene rings is 1. The van der Waals surface area contributed by atoms with Crippen molar-refractivity contribution >= 4 is 22.6 Å². The lowest BCUT2D eigenvalue weighted by atomic mass is 10.00. The molecule has 0 unspecified atom stereocenters. The first-order valence-corrected chi connectivity index (χ1v) is 7.40. The minimum atomic E-state index is 0.602. The molecule has 0 bridgehead atoms. The van der Waals surface area contributed by atoms with E-state index in [4.69, 9.17) is 16.0 Å². The van der Waals surface area contributed by atoms with Gasteiger partial charge in [-0.15, -0.1) is 0 Å². The van der Waals surface area contributed by atoms with Crippen LogP contribution in [0.25, 0.3) is 11.0 Å². The molecule has 0 saturated heterocycles. The van der Waals surface area contributed by atoms with Gasteiger partial charge in [-0.3, -0.25) is 0 Å². The fourth-order valence-corrected chi connectivity index (χ4v) is 2.50. The molecule has 0 aliphatic carbocycles. The van der Waals surface area contributed by atoms with Crippen molar-refractivity contribution in [3.63, 3.8) is 0 Å². The average molecular weight is 280 g/mol. The molecule has 1 aromatic heterocycles. The van der Waals surface area contributed by atoms with Gasteiger partial charge in [0.1, 0.15) is 11.3 Å². The molecule has 0 amide bonds. The Balaban J connectivity index is 2.37. The van der Waals surface area contributed by atoms with E-state index in [9.17, 15) is 0 Å². The Labute approximate surface area is 120 Å². The van der Waals surface area contributed by atoms with Gasteiger partial charge in [0.2, 0.25) is 0 Å². The van der Waals surface area contributed by atoms with Gasteiger partial charge in [0.15, 0.2) is 0 Å². The molecule has 2 rings (SSSR count). The lowest BCUT2D eigenvalue weighted by molar-refractivity contribution is 0.501. The molecule has 1 heterocycles. The van der Waals surface area contributed by atoms with Gasteiger partial charge >= 0.3 is 0 Å². The first kappa shape index (κ1) is 14.4. The highest BCUT2D eigenvalue weighted by Crippen LogP contribution is 2.30. The van der Waals surface area contributed by atoms with Crippen molar-refractivity contribution in [2.45, 2.75) is 40.2 Å². The minimum absolute atomic E-state index is 0.602. The molecule has 2 nitrogen and oxygen atoms in total. The molecule has 19 heavy (non-hydrogen) atoms. The first-order valence-electron chi connectivity index (χ1n) is 7.02. The van der Waals surface area contributed by atoms with E-state index in [1.165, 1.54) is 5.56 Å². The smallest absolute Gasteiger partial charge is 0.134 e. The van der Waals surface area contributed by atoms with Crippen LogP contribution in [0.5, 0.6) is 0 Å². The summed E-state index contributed by atoms with van der Waals surface area (Å²) >= 11 is 6.11. The summed E-state index contributed by atoms with van der Waals surface area (Å²) in [6.45, 7) is 8.43. The van der Waals surface area contributed by atoms with Crippen molar-refractivity contribution in [2.75, 3.05) is 6.54 Å². The van der Waals surface area contributed by atoms with Gasteiger partial charge in [-0.25, -0.2) is 0 Å². The minimum Gasteiger partial charge on any atom is -0.459 e. The third-order valence-electron chi connectivity index (χ3n) is 3.16. The summed E-state index contributed by atoms with van der Waals surface area (Å²) in [5.41, 5.74) is 2.24. The van der Waals surface area contributed by atoms with Gasteiger partial charge in [0, 0.05) is 16.0 Å². The van der Waals surface area contributed by atoms with E-state index in [2.05, 4.69) is 26.1 Å². The van der Waals surface area contributed by atoms with E-state index < -0.39 is 0 Å². The van der Waals surface area contributed by atoms with Crippen LogP contribution in [0.2, 0.25) is 5.02 Å². The predicted octanol–water partition coefficient (Wildman–Crippen LogP) is 4.78.